The molecule has 1 atom stereocenters. The Morgan fingerprint density at radius 1 is 1.35 bits per heavy atom. The van der Waals surface area contributed by atoms with E-state index in [0.29, 0.717) is 13.1 Å². The second-order valence-electron chi connectivity index (χ2n) is 5.36. The molecule has 1 saturated heterocycles. The van der Waals surface area contributed by atoms with Crippen LogP contribution in [-0.2, 0) is 10.2 Å². The lowest BCUT2D eigenvalue weighted by molar-refractivity contribution is 0.154. The summed E-state index contributed by atoms with van der Waals surface area (Å²) in [6.07, 6.45) is 6.47. The Labute approximate surface area is 127 Å². The summed E-state index contributed by atoms with van der Waals surface area (Å²) in [6, 6.07) is -0.270. The van der Waals surface area contributed by atoms with Crippen molar-refractivity contribution in [3.8, 4) is 0 Å². The molecule has 0 aromatic heterocycles. The molecule has 0 saturated carbocycles. The van der Waals surface area contributed by atoms with Crippen molar-refractivity contribution in [3.05, 3.63) is 0 Å². The molecule has 0 aliphatic carbocycles. The van der Waals surface area contributed by atoms with Crippen LogP contribution in [0.2, 0.25) is 0 Å². The van der Waals surface area contributed by atoms with Crippen molar-refractivity contribution in [2.75, 3.05) is 26.0 Å². The second kappa shape index (κ2) is 7.98. The van der Waals surface area contributed by atoms with Gasteiger partial charge in [0.1, 0.15) is 0 Å². The normalized spacial score (nSPS) is 22.1. The lowest BCUT2D eigenvalue weighted by Crippen LogP contribution is -2.52. The van der Waals surface area contributed by atoms with Gasteiger partial charge in [-0.3, -0.25) is 0 Å². The SMILES string of the molecule is CCC(CC)(CNS(=O)(=O)N1CCCCC1CO)SC. The molecule has 0 spiro atoms. The van der Waals surface area contributed by atoms with Gasteiger partial charge in [-0.05, 0) is 31.9 Å². The molecule has 2 N–H and O–H groups in total. The van der Waals surface area contributed by atoms with Crippen LogP contribution in [0, 0.1) is 0 Å². The van der Waals surface area contributed by atoms with Crippen LogP contribution in [0.5, 0.6) is 0 Å². The largest absolute Gasteiger partial charge is 0.395 e. The molecular formula is C13H28N2O3S2. The van der Waals surface area contributed by atoms with Crippen LogP contribution in [0.4, 0.5) is 0 Å². The first-order valence-corrected chi connectivity index (χ1v) is 10.0. The smallest absolute Gasteiger partial charge is 0.279 e. The molecule has 1 rings (SSSR count). The van der Waals surface area contributed by atoms with Gasteiger partial charge < -0.3 is 5.11 Å². The van der Waals surface area contributed by atoms with Gasteiger partial charge in [0.05, 0.1) is 6.61 Å². The maximum Gasteiger partial charge on any atom is 0.279 e. The van der Waals surface area contributed by atoms with Gasteiger partial charge in [0.2, 0.25) is 0 Å². The summed E-state index contributed by atoms with van der Waals surface area (Å²) in [5.74, 6) is 0. The second-order valence-corrected chi connectivity index (χ2v) is 8.35. The third kappa shape index (κ3) is 4.34. The number of nitrogens with zero attached hydrogens (tertiary/aromatic N) is 1. The Hall–Kier alpha value is 0.180. The highest BCUT2D eigenvalue weighted by atomic mass is 32.2. The predicted molar refractivity (Wildman–Crippen MR) is 85.2 cm³/mol. The zero-order valence-electron chi connectivity index (χ0n) is 12.8. The first-order chi connectivity index (χ1) is 9.44. The van der Waals surface area contributed by atoms with Crippen LogP contribution >= 0.6 is 11.8 Å². The highest BCUT2D eigenvalue weighted by Gasteiger charge is 2.34. The van der Waals surface area contributed by atoms with E-state index in [1.54, 1.807) is 11.8 Å². The van der Waals surface area contributed by atoms with Crippen LogP contribution in [0.3, 0.4) is 0 Å². The molecule has 0 aromatic carbocycles. The molecule has 120 valence electrons. The number of thioether (sulfide) groups is 1. The van der Waals surface area contributed by atoms with Crippen molar-refractivity contribution in [1.29, 1.82) is 0 Å². The Kier molecular flexibility index (Phi) is 7.28. The van der Waals surface area contributed by atoms with E-state index < -0.39 is 10.2 Å². The number of nitrogens with one attached hydrogen (secondary N) is 1. The number of aliphatic hydroxyl groups excluding tert-OH is 1. The Balaban J connectivity index is 2.73. The van der Waals surface area contributed by atoms with Gasteiger partial charge >= 0.3 is 0 Å². The van der Waals surface area contributed by atoms with Crippen molar-refractivity contribution in [2.45, 2.75) is 56.7 Å². The average molecular weight is 325 g/mol. The molecule has 1 unspecified atom stereocenters. The zero-order valence-corrected chi connectivity index (χ0v) is 14.4. The van der Waals surface area contributed by atoms with Crippen molar-refractivity contribution in [1.82, 2.24) is 9.03 Å². The van der Waals surface area contributed by atoms with E-state index in [0.717, 1.165) is 32.1 Å². The van der Waals surface area contributed by atoms with Gasteiger partial charge in [0.25, 0.3) is 10.2 Å². The average Bonchev–Trinajstić information content (AvgIpc) is 2.49. The quantitative estimate of drug-likeness (QED) is 0.711. The van der Waals surface area contributed by atoms with E-state index in [9.17, 15) is 13.5 Å². The van der Waals surface area contributed by atoms with E-state index in [-0.39, 0.29) is 17.4 Å². The summed E-state index contributed by atoms with van der Waals surface area (Å²) in [5, 5.41) is 9.35. The molecule has 20 heavy (non-hydrogen) atoms. The molecule has 0 radical (unpaired) electrons. The fraction of sp³-hybridized carbons (Fsp3) is 1.00. The molecule has 0 aromatic rings. The van der Waals surface area contributed by atoms with Crippen LogP contribution in [0.25, 0.3) is 0 Å². The summed E-state index contributed by atoms with van der Waals surface area (Å²) in [6.45, 7) is 5.02. The van der Waals surface area contributed by atoms with Gasteiger partial charge in [0, 0.05) is 23.9 Å². The summed E-state index contributed by atoms with van der Waals surface area (Å²) >= 11 is 1.72. The van der Waals surface area contributed by atoms with Crippen molar-refractivity contribution >= 4 is 22.0 Å². The van der Waals surface area contributed by atoms with E-state index in [4.69, 9.17) is 0 Å². The van der Waals surface area contributed by atoms with E-state index >= 15 is 0 Å². The zero-order chi connectivity index (χ0) is 15.2. The molecular weight excluding hydrogens is 296 g/mol. The number of hydrogen-bond donors (Lipinski definition) is 2. The van der Waals surface area contributed by atoms with Crippen LogP contribution in [-0.4, -0.2) is 54.6 Å². The summed E-state index contributed by atoms with van der Waals surface area (Å²) < 4.78 is 29.0. The first kappa shape index (κ1) is 18.2. The van der Waals surface area contributed by atoms with Gasteiger partial charge in [-0.2, -0.15) is 24.5 Å². The minimum absolute atomic E-state index is 0.0441. The highest BCUT2D eigenvalue weighted by molar-refractivity contribution is 8.00. The molecule has 0 bridgehead atoms. The lowest BCUT2D eigenvalue weighted by Gasteiger charge is -2.35. The molecule has 1 aliphatic heterocycles. The monoisotopic (exact) mass is 324 g/mol. The van der Waals surface area contributed by atoms with Crippen LogP contribution in [0.15, 0.2) is 0 Å². The molecule has 1 aliphatic rings. The molecule has 1 heterocycles. The van der Waals surface area contributed by atoms with Crippen LogP contribution < -0.4 is 4.72 Å². The van der Waals surface area contributed by atoms with Gasteiger partial charge in [-0.15, -0.1) is 0 Å². The fourth-order valence-electron chi connectivity index (χ4n) is 2.64. The molecule has 7 heteroatoms. The highest BCUT2D eigenvalue weighted by Crippen LogP contribution is 2.30. The maximum atomic E-state index is 12.4. The Bertz CT molecular complexity index is 375. The van der Waals surface area contributed by atoms with Crippen molar-refractivity contribution in [3.63, 3.8) is 0 Å². The Morgan fingerprint density at radius 2 is 2.00 bits per heavy atom. The number of piperidine rings is 1. The summed E-state index contributed by atoms with van der Waals surface area (Å²) in [4.78, 5) is 0. The van der Waals surface area contributed by atoms with Crippen molar-refractivity contribution < 1.29 is 13.5 Å². The lowest BCUT2D eigenvalue weighted by atomic mass is 10.0. The standard InChI is InChI=1S/C13H28N2O3S2/c1-4-13(5-2,19-3)11-14-20(17,18)15-9-7-6-8-12(15)10-16/h12,14,16H,4-11H2,1-3H3. The minimum Gasteiger partial charge on any atom is -0.395 e. The number of aliphatic hydroxyl groups is 1. The molecule has 5 nitrogen and oxygen atoms in total. The number of rotatable bonds is 8. The van der Waals surface area contributed by atoms with Gasteiger partial charge in [-0.1, -0.05) is 20.3 Å². The maximum absolute atomic E-state index is 12.4. The molecule has 1 fully saturated rings. The van der Waals surface area contributed by atoms with Gasteiger partial charge in [0.15, 0.2) is 0 Å². The summed E-state index contributed by atoms with van der Waals surface area (Å²) in [5.41, 5.74) is 0. The minimum atomic E-state index is -3.50. The number of hydrogen-bond acceptors (Lipinski definition) is 4. The van der Waals surface area contributed by atoms with Crippen molar-refractivity contribution in [2.24, 2.45) is 0 Å². The topological polar surface area (TPSA) is 69.6 Å². The third-order valence-electron chi connectivity index (χ3n) is 4.39. The van der Waals surface area contributed by atoms with E-state index in [1.807, 2.05) is 6.26 Å². The first-order valence-electron chi connectivity index (χ1n) is 7.37. The van der Waals surface area contributed by atoms with Crippen LogP contribution in [0.1, 0.15) is 46.0 Å². The summed E-state index contributed by atoms with van der Waals surface area (Å²) in [7, 11) is -3.50. The van der Waals surface area contributed by atoms with E-state index in [2.05, 4.69) is 18.6 Å². The Morgan fingerprint density at radius 3 is 2.50 bits per heavy atom. The molecule has 0 amide bonds. The predicted octanol–water partition coefficient (Wildman–Crippen LogP) is 1.59. The van der Waals surface area contributed by atoms with Gasteiger partial charge in [-0.25, -0.2) is 4.72 Å². The fourth-order valence-corrected chi connectivity index (χ4v) is 5.08. The van der Waals surface area contributed by atoms with E-state index in [1.165, 1.54) is 4.31 Å². The third-order valence-corrected chi connectivity index (χ3v) is 7.59.